The zero-order valence-corrected chi connectivity index (χ0v) is 10.1. The number of nitrogens with two attached hydrogens (primary N) is 1. The fourth-order valence-electron chi connectivity index (χ4n) is 1.42. The molecule has 0 bridgehead atoms. The summed E-state index contributed by atoms with van der Waals surface area (Å²) in [5.74, 6) is 1.07. The number of nitrogen functional groups attached to an aromatic ring is 1. The largest absolute Gasteiger partial charge is 0.457 e. The number of anilines is 1. The predicted octanol–water partition coefficient (Wildman–Crippen LogP) is 3.55. The Kier molecular flexibility index (Phi) is 3.01. The Morgan fingerprint density at radius 2 is 2.25 bits per heavy atom. The monoisotopic (exact) mass is 283 g/mol. The van der Waals surface area contributed by atoms with E-state index in [-0.39, 0.29) is 0 Å². The molecule has 1 aliphatic carbocycles. The fraction of sp³-hybridized carbons (Fsp3) is 0.167. The molecule has 0 saturated heterocycles. The second kappa shape index (κ2) is 4.29. The van der Waals surface area contributed by atoms with Crippen molar-refractivity contribution in [2.24, 2.45) is 0 Å². The van der Waals surface area contributed by atoms with Crippen LogP contribution in [0, 0.1) is 0 Å². The predicted molar refractivity (Wildman–Crippen MR) is 66.1 cm³/mol. The Labute approximate surface area is 102 Å². The van der Waals surface area contributed by atoms with Crippen molar-refractivity contribution in [3.8, 4) is 5.75 Å². The van der Waals surface area contributed by atoms with Crippen LogP contribution in [0.1, 0.15) is 6.42 Å². The molecule has 2 N–H and O–H groups in total. The highest BCUT2D eigenvalue weighted by Crippen LogP contribution is 2.32. The number of hydrogen-bond donors (Lipinski definition) is 1. The van der Waals surface area contributed by atoms with Gasteiger partial charge in [-0.1, -0.05) is 12.1 Å². The van der Waals surface area contributed by atoms with Gasteiger partial charge >= 0.3 is 0 Å². The van der Waals surface area contributed by atoms with Gasteiger partial charge in [-0.2, -0.15) is 0 Å². The van der Waals surface area contributed by atoms with Crippen LogP contribution in [-0.2, 0) is 0 Å². The van der Waals surface area contributed by atoms with Crippen LogP contribution in [-0.4, -0.2) is 4.58 Å². The maximum atomic E-state index is 13.6. The first-order valence-corrected chi connectivity index (χ1v) is 5.65. The zero-order chi connectivity index (χ0) is 11.6. The fourth-order valence-corrected chi connectivity index (χ4v) is 1.84. The number of rotatable bonds is 2. The van der Waals surface area contributed by atoms with Crippen LogP contribution in [0.4, 0.5) is 10.1 Å². The van der Waals surface area contributed by atoms with E-state index < -0.39 is 4.58 Å². The van der Waals surface area contributed by atoms with E-state index in [0.717, 1.165) is 0 Å². The Bertz CT molecular complexity index is 454. The Balaban J connectivity index is 2.16. The van der Waals surface area contributed by atoms with E-state index in [0.29, 0.717) is 23.6 Å². The quantitative estimate of drug-likeness (QED) is 0.665. The SMILES string of the molecule is Nc1cccc(OC2=CC(F)(Br)CC=C2)c1. The molecule has 1 unspecified atom stereocenters. The third kappa shape index (κ3) is 2.85. The van der Waals surface area contributed by atoms with Gasteiger partial charge in [0.1, 0.15) is 11.5 Å². The zero-order valence-electron chi connectivity index (χ0n) is 8.49. The molecule has 0 heterocycles. The maximum Gasteiger partial charge on any atom is 0.190 e. The molecule has 0 aromatic heterocycles. The van der Waals surface area contributed by atoms with Crippen LogP contribution in [0.2, 0.25) is 0 Å². The highest BCUT2D eigenvalue weighted by molar-refractivity contribution is 9.10. The van der Waals surface area contributed by atoms with Gasteiger partial charge in [-0.25, -0.2) is 4.39 Å². The molecule has 0 fully saturated rings. The third-order valence-corrected chi connectivity index (χ3v) is 2.67. The van der Waals surface area contributed by atoms with Gasteiger partial charge in [0.15, 0.2) is 4.58 Å². The molecule has 1 aromatic rings. The molecular weight excluding hydrogens is 273 g/mol. The summed E-state index contributed by atoms with van der Waals surface area (Å²) in [4.78, 5) is 0. The van der Waals surface area contributed by atoms with Crippen LogP contribution in [0.3, 0.4) is 0 Å². The van der Waals surface area contributed by atoms with Crippen LogP contribution >= 0.6 is 15.9 Å². The summed E-state index contributed by atoms with van der Waals surface area (Å²) in [5.41, 5.74) is 6.23. The van der Waals surface area contributed by atoms with Crippen LogP contribution in [0.15, 0.2) is 48.3 Å². The molecule has 16 heavy (non-hydrogen) atoms. The molecule has 1 aromatic carbocycles. The lowest BCUT2D eigenvalue weighted by Gasteiger charge is -2.17. The van der Waals surface area contributed by atoms with Gasteiger partial charge in [0.2, 0.25) is 0 Å². The van der Waals surface area contributed by atoms with Gasteiger partial charge in [-0.3, -0.25) is 0 Å². The van der Waals surface area contributed by atoms with Crippen molar-refractivity contribution in [2.45, 2.75) is 11.0 Å². The highest BCUT2D eigenvalue weighted by atomic mass is 79.9. The van der Waals surface area contributed by atoms with Crippen molar-refractivity contribution in [1.29, 1.82) is 0 Å². The van der Waals surface area contributed by atoms with E-state index in [1.165, 1.54) is 6.08 Å². The molecule has 0 aliphatic heterocycles. The van der Waals surface area contributed by atoms with E-state index in [2.05, 4.69) is 15.9 Å². The minimum absolute atomic E-state index is 0.302. The summed E-state index contributed by atoms with van der Waals surface area (Å²) in [5, 5.41) is 0. The van der Waals surface area contributed by atoms with Gasteiger partial charge in [-0.15, -0.1) is 0 Å². The van der Waals surface area contributed by atoms with E-state index in [1.807, 2.05) is 0 Å². The summed E-state index contributed by atoms with van der Waals surface area (Å²) in [6, 6.07) is 7.02. The summed E-state index contributed by atoms with van der Waals surface area (Å²) in [6.07, 6.45) is 5.16. The Morgan fingerprint density at radius 3 is 2.94 bits per heavy atom. The smallest absolute Gasteiger partial charge is 0.190 e. The van der Waals surface area contributed by atoms with Crippen molar-refractivity contribution in [2.75, 3.05) is 5.73 Å². The highest BCUT2D eigenvalue weighted by Gasteiger charge is 2.24. The molecule has 0 radical (unpaired) electrons. The minimum Gasteiger partial charge on any atom is -0.457 e. The van der Waals surface area contributed by atoms with Crippen LogP contribution in [0.25, 0.3) is 0 Å². The normalized spacial score (nSPS) is 24.0. The average molecular weight is 284 g/mol. The summed E-state index contributed by atoms with van der Waals surface area (Å²) >= 11 is 2.96. The lowest BCUT2D eigenvalue weighted by atomic mass is 10.1. The standard InChI is InChI=1S/C12H11BrFNO/c13-12(14)6-2-5-11(8-12)16-10-4-1-3-9(15)7-10/h1-5,7-8H,6,15H2. The average Bonchev–Trinajstić information content (AvgIpc) is 2.15. The maximum absolute atomic E-state index is 13.6. The second-order valence-electron chi connectivity index (χ2n) is 3.59. The molecule has 2 nitrogen and oxygen atoms in total. The lowest BCUT2D eigenvalue weighted by molar-refractivity contribution is 0.345. The molecule has 84 valence electrons. The van der Waals surface area contributed by atoms with Crippen LogP contribution in [0.5, 0.6) is 5.75 Å². The molecule has 2 rings (SSSR count). The first kappa shape index (κ1) is 11.2. The second-order valence-corrected chi connectivity index (χ2v) is 4.91. The van der Waals surface area contributed by atoms with E-state index >= 15 is 0 Å². The van der Waals surface area contributed by atoms with Crippen molar-refractivity contribution in [1.82, 2.24) is 0 Å². The number of allylic oxidation sites excluding steroid dienone is 3. The molecule has 1 aliphatic rings. The number of halogens is 2. The van der Waals surface area contributed by atoms with Crippen molar-refractivity contribution in [3.63, 3.8) is 0 Å². The van der Waals surface area contributed by atoms with Crippen molar-refractivity contribution < 1.29 is 9.13 Å². The molecule has 0 spiro atoms. The molecule has 4 heteroatoms. The first-order valence-electron chi connectivity index (χ1n) is 4.86. The van der Waals surface area contributed by atoms with Gasteiger partial charge < -0.3 is 10.5 Å². The Morgan fingerprint density at radius 1 is 1.44 bits per heavy atom. The molecular formula is C12H11BrFNO. The van der Waals surface area contributed by atoms with Gasteiger partial charge in [0.05, 0.1) is 0 Å². The van der Waals surface area contributed by atoms with Crippen molar-refractivity contribution in [3.05, 3.63) is 48.3 Å². The topological polar surface area (TPSA) is 35.2 Å². The van der Waals surface area contributed by atoms with E-state index in [9.17, 15) is 4.39 Å². The van der Waals surface area contributed by atoms with E-state index in [1.54, 1.807) is 36.4 Å². The summed E-state index contributed by atoms with van der Waals surface area (Å²) in [7, 11) is 0. The summed E-state index contributed by atoms with van der Waals surface area (Å²) < 4.78 is 17.6. The molecule has 1 atom stereocenters. The van der Waals surface area contributed by atoms with Crippen LogP contribution < -0.4 is 10.5 Å². The number of benzene rings is 1. The lowest BCUT2D eigenvalue weighted by Crippen LogP contribution is -2.13. The molecule has 0 saturated carbocycles. The molecule has 0 amide bonds. The Hall–Kier alpha value is -1.29. The van der Waals surface area contributed by atoms with Crippen molar-refractivity contribution >= 4 is 21.6 Å². The number of hydrogen-bond acceptors (Lipinski definition) is 2. The number of ether oxygens (including phenoxy) is 1. The summed E-state index contributed by atoms with van der Waals surface area (Å²) in [6.45, 7) is 0. The van der Waals surface area contributed by atoms with Gasteiger partial charge in [0.25, 0.3) is 0 Å². The first-order chi connectivity index (χ1) is 7.55. The minimum atomic E-state index is -1.52. The third-order valence-electron chi connectivity index (χ3n) is 2.12. The number of alkyl halides is 2. The van der Waals surface area contributed by atoms with Gasteiger partial charge in [-0.05, 0) is 34.1 Å². The van der Waals surface area contributed by atoms with E-state index in [4.69, 9.17) is 10.5 Å². The van der Waals surface area contributed by atoms with Gasteiger partial charge in [0, 0.05) is 24.3 Å².